The van der Waals surface area contributed by atoms with Crippen molar-refractivity contribution in [2.24, 2.45) is 5.92 Å². The van der Waals surface area contributed by atoms with Gasteiger partial charge >= 0.3 is 6.09 Å². The zero-order valence-corrected chi connectivity index (χ0v) is 20.9. The zero-order valence-electron chi connectivity index (χ0n) is 20.9. The molecule has 0 spiro atoms. The van der Waals surface area contributed by atoms with E-state index in [1.807, 2.05) is 45.9 Å². The topological polar surface area (TPSA) is 87.7 Å². The van der Waals surface area contributed by atoms with Crippen LogP contribution in [0, 0.1) is 19.8 Å². The van der Waals surface area contributed by atoms with E-state index in [9.17, 15) is 14.4 Å². The summed E-state index contributed by atoms with van der Waals surface area (Å²) in [6, 6.07) is 4.21. The molecule has 1 aliphatic carbocycles. The third kappa shape index (κ3) is 6.97. The van der Waals surface area contributed by atoms with Gasteiger partial charge in [-0.25, -0.2) is 4.79 Å². The van der Waals surface area contributed by atoms with E-state index in [4.69, 9.17) is 4.74 Å². The van der Waals surface area contributed by atoms with E-state index < -0.39 is 23.8 Å². The highest BCUT2D eigenvalue weighted by molar-refractivity contribution is 5.92. The second kappa shape index (κ2) is 9.92. The Morgan fingerprint density at radius 2 is 1.56 bits per heavy atom. The van der Waals surface area contributed by atoms with Crippen molar-refractivity contribution >= 4 is 17.9 Å². The summed E-state index contributed by atoms with van der Waals surface area (Å²) >= 11 is 0. The summed E-state index contributed by atoms with van der Waals surface area (Å²) < 4.78 is 5.31. The van der Waals surface area contributed by atoms with Crippen molar-refractivity contribution in [1.29, 1.82) is 0 Å². The second-order valence-electron chi connectivity index (χ2n) is 10.4. The van der Waals surface area contributed by atoms with E-state index in [0.29, 0.717) is 0 Å². The van der Waals surface area contributed by atoms with Crippen LogP contribution in [-0.2, 0) is 14.3 Å². The molecule has 2 N–H and O–H groups in total. The third-order valence-corrected chi connectivity index (χ3v) is 5.30. The molecule has 0 aliphatic heterocycles. The Kier molecular flexibility index (Phi) is 7.97. The molecule has 0 heterocycles. The van der Waals surface area contributed by atoms with Gasteiger partial charge in [-0.3, -0.25) is 9.59 Å². The van der Waals surface area contributed by atoms with Gasteiger partial charge in [0.1, 0.15) is 17.7 Å². The minimum Gasteiger partial charge on any atom is -0.444 e. The van der Waals surface area contributed by atoms with Gasteiger partial charge in [-0.15, -0.1) is 0 Å². The van der Waals surface area contributed by atoms with Gasteiger partial charge in [-0.05, 0) is 73.3 Å². The summed E-state index contributed by atoms with van der Waals surface area (Å²) in [5.41, 5.74) is 2.16. The molecule has 0 aromatic heterocycles. The number of rotatable bonds is 7. The first-order valence-electron chi connectivity index (χ1n) is 11.4. The second-order valence-corrected chi connectivity index (χ2v) is 10.4. The van der Waals surface area contributed by atoms with Gasteiger partial charge in [-0.1, -0.05) is 36.2 Å². The summed E-state index contributed by atoms with van der Waals surface area (Å²) in [7, 11) is 0. The van der Waals surface area contributed by atoms with Crippen LogP contribution in [0.25, 0.3) is 0 Å². The maximum absolute atomic E-state index is 13.6. The number of ether oxygens (including phenoxy) is 1. The van der Waals surface area contributed by atoms with E-state index in [1.54, 1.807) is 32.6 Å². The van der Waals surface area contributed by atoms with E-state index >= 15 is 0 Å². The Balaban J connectivity index is 2.41. The van der Waals surface area contributed by atoms with Crippen LogP contribution in [0.15, 0.2) is 18.2 Å². The molecule has 2 rings (SSSR count). The summed E-state index contributed by atoms with van der Waals surface area (Å²) in [5, 5.41) is 5.62. The van der Waals surface area contributed by atoms with Crippen molar-refractivity contribution in [3.05, 3.63) is 34.9 Å². The molecule has 0 bridgehead atoms. The average Bonchev–Trinajstić information content (AvgIpc) is 3.31. The smallest absolute Gasteiger partial charge is 0.408 e. The van der Waals surface area contributed by atoms with Crippen LogP contribution in [0.3, 0.4) is 0 Å². The SMILES string of the molecule is Cc1cc(C)cc(C(C(=O)NC(C)C)N(C(=O)C(C)NC(=O)OC(C)(C)C)C2CC2C)c1. The maximum atomic E-state index is 13.6. The van der Waals surface area contributed by atoms with Crippen LogP contribution >= 0.6 is 0 Å². The summed E-state index contributed by atoms with van der Waals surface area (Å²) in [4.78, 5) is 40.9. The molecule has 1 aromatic rings. The Morgan fingerprint density at radius 3 is 2.00 bits per heavy atom. The van der Waals surface area contributed by atoms with Crippen LogP contribution in [0.1, 0.15) is 77.6 Å². The molecule has 1 fully saturated rings. The highest BCUT2D eigenvalue weighted by atomic mass is 16.6. The molecule has 7 nitrogen and oxygen atoms in total. The molecule has 1 aromatic carbocycles. The van der Waals surface area contributed by atoms with Gasteiger partial charge in [0.05, 0.1) is 0 Å². The molecule has 4 unspecified atom stereocenters. The van der Waals surface area contributed by atoms with Gasteiger partial charge < -0.3 is 20.3 Å². The molecule has 178 valence electrons. The molecule has 4 atom stereocenters. The number of hydrogen-bond donors (Lipinski definition) is 2. The number of nitrogens with one attached hydrogen (secondary N) is 2. The number of hydrogen-bond acceptors (Lipinski definition) is 4. The largest absolute Gasteiger partial charge is 0.444 e. The van der Waals surface area contributed by atoms with Gasteiger partial charge in [-0.2, -0.15) is 0 Å². The Bertz CT molecular complexity index is 839. The molecular weight excluding hydrogens is 406 g/mol. The molecule has 1 saturated carbocycles. The Morgan fingerprint density at radius 1 is 1.03 bits per heavy atom. The van der Waals surface area contributed by atoms with E-state index in [2.05, 4.69) is 17.6 Å². The highest BCUT2D eigenvalue weighted by Gasteiger charge is 2.47. The lowest BCUT2D eigenvalue weighted by Crippen LogP contribution is -2.53. The normalized spacial score (nSPS) is 19.7. The number of nitrogens with zero attached hydrogens (tertiary/aromatic N) is 1. The molecule has 0 radical (unpaired) electrons. The number of amides is 3. The van der Waals surface area contributed by atoms with E-state index in [0.717, 1.165) is 23.1 Å². The first kappa shape index (κ1) is 25.7. The molecule has 0 saturated heterocycles. The van der Waals surface area contributed by atoms with Crippen LogP contribution in [-0.4, -0.2) is 46.5 Å². The number of alkyl carbamates (subject to hydrolysis) is 1. The van der Waals surface area contributed by atoms with Gasteiger partial charge in [0.2, 0.25) is 11.8 Å². The highest BCUT2D eigenvalue weighted by Crippen LogP contribution is 2.41. The lowest BCUT2D eigenvalue weighted by Gasteiger charge is -2.35. The van der Waals surface area contributed by atoms with Crippen molar-refractivity contribution in [3.8, 4) is 0 Å². The first-order chi connectivity index (χ1) is 14.7. The standard InChI is InChI=1S/C25H39N3O4/c1-14(2)26-22(29)21(19-11-15(3)10-16(4)12-19)28(20-13-17(20)5)23(30)18(6)27-24(31)32-25(7,8)9/h10-12,14,17-18,20-21H,13H2,1-9H3,(H,26,29)(H,27,31). The number of carbonyl (C=O) groups is 3. The Hall–Kier alpha value is -2.57. The molecule has 32 heavy (non-hydrogen) atoms. The van der Waals surface area contributed by atoms with E-state index in [1.165, 1.54) is 0 Å². The van der Waals surface area contributed by atoms with Crippen LogP contribution in [0.5, 0.6) is 0 Å². The molecule has 7 heteroatoms. The predicted molar refractivity (Wildman–Crippen MR) is 125 cm³/mol. The van der Waals surface area contributed by atoms with Crippen molar-refractivity contribution < 1.29 is 19.1 Å². The maximum Gasteiger partial charge on any atom is 0.408 e. The van der Waals surface area contributed by atoms with Crippen molar-refractivity contribution in [3.63, 3.8) is 0 Å². The van der Waals surface area contributed by atoms with E-state index in [-0.39, 0.29) is 29.8 Å². The van der Waals surface area contributed by atoms with Gasteiger partial charge in [0.25, 0.3) is 0 Å². The summed E-state index contributed by atoms with van der Waals surface area (Å²) in [6.45, 7) is 16.8. The number of carbonyl (C=O) groups excluding carboxylic acids is 3. The fourth-order valence-corrected chi connectivity index (χ4v) is 3.91. The lowest BCUT2D eigenvalue weighted by atomic mass is 9.98. The first-order valence-corrected chi connectivity index (χ1v) is 11.4. The van der Waals surface area contributed by atoms with Crippen LogP contribution in [0.4, 0.5) is 4.79 Å². The van der Waals surface area contributed by atoms with Gasteiger partial charge in [0, 0.05) is 12.1 Å². The quantitative estimate of drug-likeness (QED) is 0.664. The zero-order chi connectivity index (χ0) is 24.4. The summed E-state index contributed by atoms with van der Waals surface area (Å²) in [6.07, 6.45) is 0.165. The van der Waals surface area contributed by atoms with Crippen molar-refractivity contribution in [2.75, 3.05) is 0 Å². The third-order valence-electron chi connectivity index (χ3n) is 5.30. The Labute approximate surface area is 192 Å². The number of benzene rings is 1. The minimum atomic E-state index is -0.835. The van der Waals surface area contributed by atoms with Crippen molar-refractivity contribution in [1.82, 2.24) is 15.5 Å². The number of aryl methyl sites for hydroxylation is 2. The lowest BCUT2D eigenvalue weighted by molar-refractivity contribution is -0.143. The van der Waals surface area contributed by atoms with Crippen LogP contribution in [0.2, 0.25) is 0 Å². The molecular formula is C25H39N3O4. The minimum absolute atomic E-state index is 0.0610. The molecule has 1 aliphatic rings. The monoisotopic (exact) mass is 445 g/mol. The summed E-state index contributed by atoms with van der Waals surface area (Å²) in [5.74, 6) is -0.233. The fraction of sp³-hybridized carbons (Fsp3) is 0.640. The van der Waals surface area contributed by atoms with Crippen LogP contribution < -0.4 is 10.6 Å². The van der Waals surface area contributed by atoms with Crippen molar-refractivity contribution in [2.45, 2.75) is 98.5 Å². The van der Waals surface area contributed by atoms with Gasteiger partial charge in [0.15, 0.2) is 0 Å². The average molecular weight is 446 g/mol. The fourth-order valence-electron chi connectivity index (χ4n) is 3.91. The molecule has 3 amide bonds. The predicted octanol–water partition coefficient (Wildman–Crippen LogP) is 4.02.